The number of alkyl carbamates (subject to hydrolysis) is 1. The van der Waals surface area contributed by atoms with Crippen LogP contribution in [0.2, 0.25) is 0 Å². The second-order valence-electron chi connectivity index (χ2n) is 6.13. The number of carboxylic acid groups (broad SMARTS) is 1. The monoisotopic (exact) mass is 415 g/mol. The smallest absolute Gasteiger partial charge is 0.480 e. The number of carboxylic acids is 1. The van der Waals surface area contributed by atoms with Crippen molar-refractivity contribution in [3.63, 3.8) is 0 Å². The molecular formula is C20H24BN2O7. The Morgan fingerprint density at radius 1 is 0.933 bits per heavy atom. The third-order valence-electron chi connectivity index (χ3n) is 3.84. The molecule has 0 aliphatic rings. The van der Waals surface area contributed by atoms with E-state index in [0.717, 1.165) is 11.1 Å². The predicted molar refractivity (Wildman–Crippen MR) is 109 cm³/mol. The molecule has 0 heterocycles. The zero-order chi connectivity index (χ0) is 22.4. The first-order valence-corrected chi connectivity index (χ1v) is 9.01. The van der Waals surface area contributed by atoms with E-state index in [0.29, 0.717) is 0 Å². The Kier molecular flexibility index (Phi) is 11.3. The van der Waals surface area contributed by atoms with E-state index in [4.69, 9.17) is 14.8 Å². The lowest BCUT2D eigenvalue weighted by Crippen LogP contribution is -2.51. The fourth-order valence-electron chi connectivity index (χ4n) is 2.35. The zero-order valence-electron chi connectivity index (χ0n) is 16.4. The first-order chi connectivity index (χ1) is 14.4. The molecule has 0 spiro atoms. The Balaban J connectivity index is 0.00000141. The summed E-state index contributed by atoms with van der Waals surface area (Å²) in [5.74, 6) is -1.75. The second-order valence-corrected chi connectivity index (χ2v) is 6.13. The Bertz CT molecular complexity index is 790. The molecule has 2 rings (SSSR count). The van der Waals surface area contributed by atoms with Crippen LogP contribution in [-0.2, 0) is 27.4 Å². The number of rotatable bonds is 8. The van der Waals surface area contributed by atoms with Crippen LogP contribution in [0.3, 0.4) is 0 Å². The minimum Gasteiger partial charge on any atom is -0.480 e. The number of amides is 2. The molecule has 2 atom stereocenters. The number of carbonyl (C=O) groups excluding carboxylic acids is 2. The lowest BCUT2D eigenvalue weighted by Gasteiger charge is -2.18. The van der Waals surface area contributed by atoms with Crippen LogP contribution in [0.1, 0.15) is 18.1 Å². The van der Waals surface area contributed by atoms with Gasteiger partial charge in [0, 0.05) is 6.42 Å². The van der Waals surface area contributed by atoms with Crippen molar-refractivity contribution in [1.82, 2.24) is 10.6 Å². The summed E-state index contributed by atoms with van der Waals surface area (Å²) < 4.78 is 5.05. The van der Waals surface area contributed by atoms with Crippen molar-refractivity contribution in [2.75, 3.05) is 0 Å². The lowest BCUT2D eigenvalue weighted by atomic mass is 10.1. The maximum absolute atomic E-state index is 12.2. The van der Waals surface area contributed by atoms with Crippen molar-refractivity contribution in [2.24, 2.45) is 0 Å². The van der Waals surface area contributed by atoms with Crippen LogP contribution in [0.5, 0.6) is 0 Å². The molecule has 0 fully saturated rings. The molecule has 0 unspecified atom stereocenters. The van der Waals surface area contributed by atoms with Gasteiger partial charge in [-0.25, -0.2) is 9.59 Å². The Morgan fingerprint density at radius 3 is 1.93 bits per heavy atom. The van der Waals surface area contributed by atoms with Gasteiger partial charge in [0.2, 0.25) is 5.91 Å². The van der Waals surface area contributed by atoms with Crippen molar-refractivity contribution < 1.29 is 34.3 Å². The highest BCUT2D eigenvalue weighted by Gasteiger charge is 2.24. The standard InChI is InChI=1S/C20H22N2O5.BH2O2/c1-14(21-20(26)27-13-16-10-6-3-7-11-16)18(23)22-17(19(24)25)12-15-8-4-2-5-9-15;2-1-3/h2-11,14,17H,12-13H2,1H3,(H,21,26)(H,22,23)(H,24,25);2-3H/t14-,17-;/m0./s1. The molecule has 0 bridgehead atoms. The van der Waals surface area contributed by atoms with Crippen molar-refractivity contribution >= 4 is 25.7 Å². The Labute approximate surface area is 175 Å². The number of ether oxygens (including phenoxy) is 1. The number of hydrogen-bond donors (Lipinski definition) is 5. The summed E-state index contributed by atoms with van der Waals surface area (Å²) in [6, 6.07) is 16.1. The largest absolute Gasteiger partial charge is 0.482 e. The van der Waals surface area contributed by atoms with E-state index in [9.17, 15) is 19.5 Å². The van der Waals surface area contributed by atoms with Gasteiger partial charge in [-0.3, -0.25) is 4.79 Å². The second kappa shape index (κ2) is 13.8. The fourth-order valence-corrected chi connectivity index (χ4v) is 2.35. The first-order valence-electron chi connectivity index (χ1n) is 9.01. The quantitative estimate of drug-likeness (QED) is 0.398. The molecule has 30 heavy (non-hydrogen) atoms. The van der Waals surface area contributed by atoms with Crippen LogP contribution in [0.4, 0.5) is 4.79 Å². The SMILES string of the molecule is C[C@H](NC(=O)OCc1ccccc1)C(=O)N[C@@H](Cc1ccccc1)C(=O)O.O[B]O. The summed E-state index contributed by atoms with van der Waals surface area (Å²) >= 11 is 0. The van der Waals surface area contributed by atoms with Gasteiger partial charge in [0.1, 0.15) is 18.7 Å². The van der Waals surface area contributed by atoms with E-state index < -0.39 is 30.1 Å². The summed E-state index contributed by atoms with van der Waals surface area (Å²) in [5.41, 5.74) is 1.60. The topological polar surface area (TPSA) is 145 Å². The highest BCUT2D eigenvalue weighted by atomic mass is 16.5. The van der Waals surface area contributed by atoms with Gasteiger partial charge >= 0.3 is 19.7 Å². The number of benzene rings is 2. The third kappa shape index (κ3) is 9.72. The molecule has 159 valence electrons. The molecule has 2 aromatic rings. The van der Waals surface area contributed by atoms with Gasteiger partial charge in [-0.2, -0.15) is 0 Å². The van der Waals surface area contributed by atoms with E-state index in [1.807, 2.05) is 36.4 Å². The van der Waals surface area contributed by atoms with Gasteiger partial charge < -0.3 is 30.5 Å². The fraction of sp³-hybridized carbons (Fsp3) is 0.250. The molecule has 10 heteroatoms. The number of carbonyl (C=O) groups is 3. The van der Waals surface area contributed by atoms with Crippen molar-refractivity contribution in [2.45, 2.75) is 32.0 Å². The zero-order valence-corrected chi connectivity index (χ0v) is 16.4. The average Bonchev–Trinajstić information content (AvgIpc) is 2.73. The summed E-state index contributed by atoms with van der Waals surface area (Å²) in [6.07, 6.45) is -0.607. The molecule has 1 radical (unpaired) electrons. The number of aliphatic carboxylic acids is 1. The summed E-state index contributed by atoms with van der Waals surface area (Å²) in [5, 5.41) is 28.2. The molecule has 0 aliphatic carbocycles. The molecule has 2 aromatic carbocycles. The van der Waals surface area contributed by atoms with Gasteiger partial charge in [-0.15, -0.1) is 0 Å². The first kappa shape index (κ1) is 24.7. The lowest BCUT2D eigenvalue weighted by molar-refractivity contribution is -0.142. The summed E-state index contributed by atoms with van der Waals surface area (Å²) in [4.78, 5) is 35.4. The van der Waals surface area contributed by atoms with Crippen LogP contribution in [0.25, 0.3) is 0 Å². The van der Waals surface area contributed by atoms with E-state index in [-0.39, 0.29) is 20.7 Å². The van der Waals surface area contributed by atoms with E-state index in [2.05, 4.69) is 10.6 Å². The molecule has 0 aliphatic heterocycles. The molecule has 9 nitrogen and oxygen atoms in total. The minimum atomic E-state index is -1.15. The highest BCUT2D eigenvalue weighted by Crippen LogP contribution is 2.04. The van der Waals surface area contributed by atoms with Crippen molar-refractivity contribution in [1.29, 1.82) is 0 Å². The molecule has 0 aromatic heterocycles. The Hall–Kier alpha value is -3.37. The average molecular weight is 415 g/mol. The summed E-state index contributed by atoms with van der Waals surface area (Å²) in [6.45, 7) is 1.54. The highest BCUT2D eigenvalue weighted by molar-refractivity contribution is 6.13. The van der Waals surface area contributed by atoms with Crippen LogP contribution >= 0.6 is 0 Å². The Morgan fingerprint density at radius 2 is 1.43 bits per heavy atom. The maximum Gasteiger partial charge on any atom is 0.482 e. The third-order valence-corrected chi connectivity index (χ3v) is 3.84. The molecule has 5 N–H and O–H groups in total. The van der Waals surface area contributed by atoms with Gasteiger partial charge in [0.05, 0.1) is 0 Å². The van der Waals surface area contributed by atoms with Crippen molar-refractivity contribution in [3.05, 3.63) is 71.8 Å². The van der Waals surface area contributed by atoms with Gasteiger partial charge in [0.15, 0.2) is 0 Å². The predicted octanol–water partition coefficient (Wildman–Crippen LogP) is 0.619. The van der Waals surface area contributed by atoms with Crippen LogP contribution < -0.4 is 10.6 Å². The number of hydrogen-bond acceptors (Lipinski definition) is 6. The normalized spacial score (nSPS) is 11.7. The van der Waals surface area contributed by atoms with Crippen LogP contribution in [-0.4, -0.2) is 52.9 Å². The van der Waals surface area contributed by atoms with E-state index in [1.165, 1.54) is 6.92 Å². The molecule has 2 amide bonds. The van der Waals surface area contributed by atoms with Gasteiger partial charge in [-0.1, -0.05) is 60.7 Å². The molecule has 0 saturated heterocycles. The van der Waals surface area contributed by atoms with E-state index >= 15 is 0 Å². The minimum absolute atomic E-state index is 0. The maximum atomic E-state index is 12.2. The molecular weight excluding hydrogens is 391 g/mol. The van der Waals surface area contributed by atoms with Gasteiger partial charge in [0.25, 0.3) is 0 Å². The molecule has 0 saturated carbocycles. The van der Waals surface area contributed by atoms with Crippen LogP contribution in [0.15, 0.2) is 60.7 Å². The summed E-state index contributed by atoms with van der Waals surface area (Å²) in [7, 11) is 0. The van der Waals surface area contributed by atoms with E-state index in [1.54, 1.807) is 24.3 Å². The van der Waals surface area contributed by atoms with Gasteiger partial charge in [-0.05, 0) is 18.1 Å². The number of nitrogens with one attached hydrogen (secondary N) is 2. The van der Waals surface area contributed by atoms with Crippen LogP contribution in [0, 0.1) is 0 Å². The van der Waals surface area contributed by atoms with Crippen molar-refractivity contribution in [3.8, 4) is 0 Å².